The van der Waals surface area contributed by atoms with E-state index < -0.39 is 0 Å². The molecule has 0 spiro atoms. The maximum Gasteiger partial charge on any atom is 0.139 e. The summed E-state index contributed by atoms with van der Waals surface area (Å²) < 4.78 is 0. The molecule has 0 saturated carbocycles. The van der Waals surface area contributed by atoms with Crippen LogP contribution in [0.15, 0.2) is 30.7 Å². The van der Waals surface area contributed by atoms with Gasteiger partial charge in [0.15, 0.2) is 0 Å². The fraction of sp³-hybridized carbons (Fsp3) is 0.273. The largest absolute Gasteiger partial charge is 0.342 e. The second kappa shape index (κ2) is 4.70. The molecule has 0 radical (unpaired) electrons. The zero-order valence-corrected chi connectivity index (χ0v) is 8.48. The van der Waals surface area contributed by atoms with Gasteiger partial charge >= 0.3 is 0 Å². The predicted molar refractivity (Wildman–Crippen MR) is 59.2 cm³/mol. The summed E-state index contributed by atoms with van der Waals surface area (Å²) in [5.41, 5.74) is 7.58. The van der Waals surface area contributed by atoms with Crippen molar-refractivity contribution in [1.82, 2.24) is 15.0 Å². The van der Waals surface area contributed by atoms with E-state index in [1.165, 1.54) is 0 Å². The maximum absolute atomic E-state index is 5.45. The van der Waals surface area contributed by atoms with Gasteiger partial charge in [0, 0.05) is 29.8 Å². The maximum atomic E-state index is 5.45. The van der Waals surface area contributed by atoms with Crippen LogP contribution in [-0.4, -0.2) is 21.5 Å². The number of aryl methyl sites for hydroxylation is 1. The number of H-pyrrole nitrogens is 1. The molecule has 2 aromatic rings. The lowest BCUT2D eigenvalue weighted by molar-refractivity contribution is 0.816. The average molecular weight is 202 g/mol. The molecule has 3 N–H and O–H groups in total. The molecule has 0 aliphatic rings. The number of hydrogen-bond acceptors (Lipinski definition) is 3. The summed E-state index contributed by atoms with van der Waals surface area (Å²) in [6.45, 7) is 0.710. The molecule has 0 amide bonds. The van der Waals surface area contributed by atoms with E-state index in [1.54, 1.807) is 12.4 Å². The lowest BCUT2D eigenvalue weighted by Crippen LogP contribution is -2.00. The van der Waals surface area contributed by atoms with Crippen molar-refractivity contribution in [3.8, 4) is 11.4 Å². The Morgan fingerprint density at radius 3 is 3.00 bits per heavy atom. The van der Waals surface area contributed by atoms with Gasteiger partial charge in [0.1, 0.15) is 5.82 Å². The number of nitrogens with zero attached hydrogens (tertiary/aromatic N) is 2. The highest BCUT2D eigenvalue weighted by Gasteiger charge is 2.02. The van der Waals surface area contributed by atoms with Crippen molar-refractivity contribution >= 4 is 0 Å². The number of aromatic amines is 1. The van der Waals surface area contributed by atoms with Crippen LogP contribution in [0.2, 0.25) is 0 Å². The zero-order chi connectivity index (χ0) is 10.5. The fourth-order valence-electron chi connectivity index (χ4n) is 1.43. The van der Waals surface area contributed by atoms with Crippen molar-refractivity contribution < 1.29 is 0 Å². The van der Waals surface area contributed by atoms with E-state index >= 15 is 0 Å². The van der Waals surface area contributed by atoms with E-state index in [-0.39, 0.29) is 0 Å². The van der Waals surface area contributed by atoms with Gasteiger partial charge in [0.05, 0.1) is 0 Å². The summed E-state index contributed by atoms with van der Waals surface area (Å²) in [6, 6.07) is 3.88. The minimum absolute atomic E-state index is 0.710. The summed E-state index contributed by atoms with van der Waals surface area (Å²) in [4.78, 5) is 11.6. The highest BCUT2D eigenvalue weighted by atomic mass is 14.9. The second-order valence-corrected chi connectivity index (χ2v) is 3.39. The molecule has 0 aliphatic carbocycles. The molecule has 78 valence electrons. The third-order valence-electron chi connectivity index (χ3n) is 2.21. The minimum atomic E-state index is 0.710. The minimum Gasteiger partial charge on any atom is -0.342 e. The lowest BCUT2D eigenvalue weighted by atomic mass is 10.2. The van der Waals surface area contributed by atoms with Crippen LogP contribution in [0, 0.1) is 0 Å². The zero-order valence-electron chi connectivity index (χ0n) is 8.48. The van der Waals surface area contributed by atoms with Gasteiger partial charge in [-0.05, 0) is 31.5 Å². The highest BCUT2D eigenvalue weighted by molar-refractivity contribution is 5.53. The molecular formula is C11H14N4. The van der Waals surface area contributed by atoms with Crippen molar-refractivity contribution in [1.29, 1.82) is 0 Å². The monoisotopic (exact) mass is 202 g/mol. The van der Waals surface area contributed by atoms with E-state index in [0.29, 0.717) is 6.54 Å². The Bertz CT molecular complexity index is 408. The van der Waals surface area contributed by atoms with E-state index in [4.69, 9.17) is 5.73 Å². The van der Waals surface area contributed by atoms with E-state index in [0.717, 1.165) is 29.9 Å². The SMILES string of the molecule is NCCCc1cnc(-c2cccnc2)[nH]1. The number of imidazole rings is 1. The summed E-state index contributed by atoms with van der Waals surface area (Å²) in [6.07, 6.45) is 7.34. The van der Waals surface area contributed by atoms with Gasteiger partial charge in [0.25, 0.3) is 0 Å². The van der Waals surface area contributed by atoms with Gasteiger partial charge < -0.3 is 10.7 Å². The Morgan fingerprint density at radius 2 is 2.27 bits per heavy atom. The number of hydrogen-bond donors (Lipinski definition) is 2. The molecule has 2 heterocycles. The predicted octanol–water partition coefficient (Wildman–Crippen LogP) is 1.36. The van der Waals surface area contributed by atoms with Gasteiger partial charge in [-0.1, -0.05) is 0 Å². The van der Waals surface area contributed by atoms with Crippen molar-refractivity contribution in [2.75, 3.05) is 6.54 Å². The van der Waals surface area contributed by atoms with Gasteiger partial charge in [-0.25, -0.2) is 4.98 Å². The molecule has 15 heavy (non-hydrogen) atoms. The second-order valence-electron chi connectivity index (χ2n) is 3.39. The summed E-state index contributed by atoms with van der Waals surface area (Å²) in [7, 11) is 0. The molecule has 4 heteroatoms. The third kappa shape index (κ3) is 2.41. The van der Waals surface area contributed by atoms with Crippen LogP contribution in [0.1, 0.15) is 12.1 Å². The normalized spacial score (nSPS) is 10.5. The first-order chi connectivity index (χ1) is 7.40. The molecule has 0 bridgehead atoms. The topological polar surface area (TPSA) is 67.6 Å². The Balaban J connectivity index is 2.14. The van der Waals surface area contributed by atoms with Gasteiger partial charge in [-0.3, -0.25) is 4.98 Å². The molecule has 0 aliphatic heterocycles. The first-order valence-corrected chi connectivity index (χ1v) is 5.04. The number of pyridine rings is 1. The van der Waals surface area contributed by atoms with Crippen LogP contribution in [0.4, 0.5) is 0 Å². The summed E-state index contributed by atoms with van der Waals surface area (Å²) in [5.74, 6) is 0.870. The Kier molecular flexibility index (Phi) is 3.09. The first-order valence-electron chi connectivity index (χ1n) is 5.04. The number of rotatable bonds is 4. The number of aromatic nitrogens is 3. The van der Waals surface area contributed by atoms with Gasteiger partial charge in [-0.15, -0.1) is 0 Å². The number of nitrogens with two attached hydrogens (primary N) is 1. The first kappa shape index (κ1) is 9.86. The Hall–Kier alpha value is -1.68. The Morgan fingerprint density at radius 1 is 1.33 bits per heavy atom. The molecule has 0 aromatic carbocycles. The van der Waals surface area contributed by atoms with E-state index in [2.05, 4.69) is 15.0 Å². The molecule has 2 aromatic heterocycles. The fourth-order valence-corrected chi connectivity index (χ4v) is 1.43. The highest BCUT2D eigenvalue weighted by Crippen LogP contribution is 2.13. The van der Waals surface area contributed by atoms with Crippen LogP contribution >= 0.6 is 0 Å². The summed E-state index contributed by atoms with van der Waals surface area (Å²) >= 11 is 0. The molecule has 4 nitrogen and oxygen atoms in total. The smallest absolute Gasteiger partial charge is 0.139 e. The van der Waals surface area contributed by atoms with Gasteiger partial charge in [0.2, 0.25) is 0 Å². The molecular weight excluding hydrogens is 188 g/mol. The number of nitrogens with one attached hydrogen (secondary N) is 1. The molecule has 0 fully saturated rings. The van der Waals surface area contributed by atoms with Crippen molar-refractivity contribution in [2.24, 2.45) is 5.73 Å². The molecule has 0 atom stereocenters. The standard InChI is InChI=1S/C11H14N4/c12-5-1-4-10-8-14-11(15-10)9-3-2-6-13-7-9/h2-3,6-8H,1,4-5,12H2,(H,14,15). The average Bonchev–Trinajstić information content (AvgIpc) is 2.76. The van der Waals surface area contributed by atoms with Crippen molar-refractivity contribution in [2.45, 2.75) is 12.8 Å². The van der Waals surface area contributed by atoms with Crippen molar-refractivity contribution in [3.05, 3.63) is 36.4 Å². The van der Waals surface area contributed by atoms with Crippen LogP contribution in [0.3, 0.4) is 0 Å². The third-order valence-corrected chi connectivity index (χ3v) is 2.21. The van der Waals surface area contributed by atoms with Crippen LogP contribution in [0.5, 0.6) is 0 Å². The van der Waals surface area contributed by atoms with Crippen LogP contribution in [-0.2, 0) is 6.42 Å². The van der Waals surface area contributed by atoms with Gasteiger partial charge in [-0.2, -0.15) is 0 Å². The van der Waals surface area contributed by atoms with E-state index in [9.17, 15) is 0 Å². The molecule has 0 unspecified atom stereocenters. The summed E-state index contributed by atoms with van der Waals surface area (Å²) in [5, 5.41) is 0. The lowest BCUT2D eigenvalue weighted by Gasteiger charge is -1.95. The molecule has 0 saturated heterocycles. The van der Waals surface area contributed by atoms with E-state index in [1.807, 2.05) is 18.3 Å². The van der Waals surface area contributed by atoms with Crippen LogP contribution in [0.25, 0.3) is 11.4 Å². The quantitative estimate of drug-likeness (QED) is 0.786. The molecule has 2 rings (SSSR count). The Labute approximate surface area is 88.6 Å². The van der Waals surface area contributed by atoms with Crippen molar-refractivity contribution in [3.63, 3.8) is 0 Å². The van der Waals surface area contributed by atoms with Crippen LogP contribution < -0.4 is 5.73 Å².